The summed E-state index contributed by atoms with van der Waals surface area (Å²) in [6.45, 7) is 8.62. The molecule has 2 fully saturated rings. The molecule has 0 spiro atoms. The molecule has 6 nitrogen and oxygen atoms in total. The van der Waals surface area contributed by atoms with Crippen LogP contribution < -0.4 is 10.2 Å². The first-order valence-corrected chi connectivity index (χ1v) is 10.4. The normalized spacial score (nSPS) is 19.4. The Morgan fingerprint density at radius 3 is 2.58 bits per heavy atom. The van der Waals surface area contributed by atoms with Gasteiger partial charge >= 0.3 is 0 Å². The summed E-state index contributed by atoms with van der Waals surface area (Å²) < 4.78 is 14.9. The molecule has 4 rings (SSSR count). The number of anilines is 1. The maximum atomic E-state index is 14.9. The number of amides is 1. The highest BCUT2D eigenvalue weighted by Crippen LogP contribution is 2.26. The Balaban J connectivity index is 0.00000171. The maximum absolute atomic E-state index is 14.9. The third kappa shape index (κ3) is 5.66. The molecule has 2 aliphatic heterocycles. The van der Waals surface area contributed by atoms with E-state index in [-0.39, 0.29) is 42.6 Å². The molecule has 1 aromatic carbocycles. The number of halogens is 3. The number of nitrogens with zero attached hydrogens (tertiary/aromatic N) is 4. The number of likely N-dealkylation sites (N-methyl/N-ethyl adjacent to an activating group) is 1. The second-order valence-electron chi connectivity index (χ2n) is 7.59. The van der Waals surface area contributed by atoms with Crippen molar-refractivity contribution < 1.29 is 9.18 Å². The lowest BCUT2D eigenvalue weighted by Gasteiger charge is -2.37. The molecule has 0 bridgehead atoms. The Kier molecular flexibility index (Phi) is 9.50. The second-order valence-corrected chi connectivity index (χ2v) is 7.59. The van der Waals surface area contributed by atoms with E-state index >= 15 is 0 Å². The summed E-state index contributed by atoms with van der Waals surface area (Å²) in [6.07, 6.45) is 3.51. The van der Waals surface area contributed by atoms with Crippen LogP contribution in [0.15, 0.2) is 42.7 Å². The van der Waals surface area contributed by atoms with E-state index in [2.05, 4.69) is 27.0 Å². The van der Waals surface area contributed by atoms with E-state index in [4.69, 9.17) is 0 Å². The van der Waals surface area contributed by atoms with Gasteiger partial charge in [-0.15, -0.1) is 24.8 Å². The predicted octanol–water partition coefficient (Wildman–Crippen LogP) is 2.99. The quantitative estimate of drug-likeness (QED) is 0.745. The lowest BCUT2D eigenvalue weighted by atomic mass is 10.0. The number of carbonyl (C=O) groups excluding carboxylic acids is 1. The first-order valence-electron chi connectivity index (χ1n) is 10.4. The van der Waals surface area contributed by atoms with Crippen LogP contribution in [0.2, 0.25) is 0 Å². The molecule has 2 aliphatic rings. The number of carbonyl (C=O) groups is 1. The minimum Gasteiger partial charge on any atom is -0.367 e. The largest absolute Gasteiger partial charge is 0.367 e. The minimum atomic E-state index is -0.325. The third-order valence-electron chi connectivity index (χ3n) is 5.93. The van der Waals surface area contributed by atoms with Crippen LogP contribution >= 0.6 is 24.8 Å². The topological polar surface area (TPSA) is 51.7 Å². The van der Waals surface area contributed by atoms with Crippen molar-refractivity contribution in [2.45, 2.75) is 13.0 Å². The van der Waals surface area contributed by atoms with Gasteiger partial charge in [-0.3, -0.25) is 9.78 Å². The van der Waals surface area contributed by atoms with E-state index in [0.29, 0.717) is 24.3 Å². The number of benzene rings is 1. The molecule has 1 unspecified atom stereocenters. The van der Waals surface area contributed by atoms with Crippen molar-refractivity contribution >= 4 is 36.4 Å². The fourth-order valence-electron chi connectivity index (χ4n) is 4.19. The summed E-state index contributed by atoms with van der Waals surface area (Å²) in [6, 6.07) is 8.66. The van der Waals surface area contributed by atoms with Crippen molar-refractivity contribution in [1.29, 1.82) is 0 Å². The van der Waals surface area contributed by atoms with Crippen LogP contribution in [-0.4, -0.2) is 73.0 Å². The third-order valence-corrected chi connectivity index (χ3v) is 5.93. The molecule has 31 heavy (non-hydrogen) atoms. The highest BCUT2D eigenvalue weighted by molar-refractivity contribution is 5.95. The number of pyridine rings is 1. The monoisotopic (exact) mass is 469 g/mol. The molecule has 1 amide bonds. The fraction of sp³-hybridized carbons (Fsp3) is 0.455. The Morgan fingerprint density at radius 1 is 1.16 bits per heavy atom. The molecule has 2 saturated heterocycles. The van der Waals surface area contributed by atoms with Gasteiger partial charge in [0, 0.05) is 63.8 Å². The van der Waals surface area contributed by atoms with Crippen molar-refractivity contribution in [1.82, 2.24) is 20.1 Å². The first kappa shape index (κ1) is 25.3. The number of nitrogens with one attached hydrogen (secondary N) is 1. The zero-order chi connectivity index (χ0) is 20.2. The molecular formula is C22H30Cl2FN5O. The van der Waals surface area contributed by atoms with Gasteiger partial charge in [0.05, 0.1) is 11.7 Å². The van der Waals surface area contributed by atoms with Gasteiger partial charge in [0.15, 0.2) is 0 Å². The Labute approximate surface area is 195 Å². The average Bonchev–Trinajstić information content (AvgIpc) is 2.79. The van der Waals surface area contributed by atoms with E-state index in [0.717, 1.165) is 44.8 Å². The number of rotatable bonds is 4. The summed E-state index contributed by atoms with van der Waals surface area (Å²) in [5, 5.41) is 3.34. The van der Waals surface area contributed by atoms with E-state index in [9.17, 15) is 9.18 Å². The molecule has 9 heteroatoms. The second kappa shape index (κ2) is 11.6. The smallest absolute Gasteiger partial charge is 0.254 e. The highest BCUT2D eigenvalue weighted by Gasteiger charge is 2.29. The maximum Gasteiger partial charge on any atom is 0.254 e. The summed E-state index contributed by atoms with van der Waals surface area (Å²) >= 11 is 0. The Morgan fingerprint density at radius 2 is 1.94 bits per heavy atom. The molecule has 0 radical (unpaired) electrons. The molecule has 0 saturated carbocycles. The van der Waals surface area contributed by atoms with Crippen LogP contribution in [0.25, 0.3) is 0 Å². The van der Waals surface area contributed by atoms with Crippen molar-refractivity contribution in [3.8, 4) is 0 Å². The lowest BCUT2D eigenvalue weighted by Crippen LogP contribution is -2.48. The molecular weight excluding hydrogens is 440 g/mol. The van der Waals surface area contributed by atoms with E-state index < -0.39 is 0 Å². The van der Waals surface area contributed by atoms with Crippen molar-refractivity contribution in [3.63, 3.8) is 0 Å². The average molecular weight is 470 g/mol. The summed E-state index contributed by atoms with van der Waals surface area (Å²) in [5.41, 5.74) is 1.97. The van der Waals surface area contributed by atoms with Crippen molar-refractivity contribution in [2.24, 2.45) is 0 Å². The molecule has 3 heterocycles. The van der Waals surface area contributed by atoms with Crippen molar-refractivity contribution in [2.75, 3.05) is 57.3 Å². The minimum absolute atomic E-state index is 0. The van der Waals surface area contributed by atoms with Crippen LogP contribution in [0.3, 0.4) is 0 Å². The van der Waals surface area contributed by atoms with Gasteiger partial charge in [-0.25, -0.2) is 4.39 Å². The van der Waals surface area contributed by atoms with Gasteiger partial charge in [-0.05, 0) is 36.4 Å². The molecule has 1 atom stereocenters. The number of piperazine rings is 2. The van der Waals surface area contributed by atoms with Crippen LogP contribution in [0, 0.1) is 5.82 Å². The number of hydrogen-bond acceptors (Lipinski definition) is 5. The standard InChI is InChI=1S/C22H28FN5O.2ClH/c1-2-26-10-12-27(13-11-26)20-6-5-17(14-19(20)23)22(29)28-9-8-25-16-21(28)18-4-3-7-24-15-18;;/h3-7,14-15,21,25H,2,8-13,16H2,1H3;2*1H. The molecule has 2 aromatic rings. The summed E-state index contributed by atoms with van der Waals surface area (Å²) in [7, 11) is 0. The van der Waals surface area contributed by atoms with E-state index in [1.54, 1.807) is 24.5 Å². The number of hydrogen-bond donors (Lipinski definition) is 1. The Hall–Kier alpha value is -1.93. The highest BCUT2D eigenvalue weighted by atomic mass is 35.5. The van der Waals surface area contributed by atoms with E-state index in [1.807, 2.05) is 17.0 Å². The Bertz CT molecular complexity index is 849. The van der Waals surface area contributed by atoms with Crippen LogP contribution in [0.1, 0.15) is 28.9 Å². The van der Waals surface area contributed by atoms with Crippen molar-refractivity contribution in [3.05, 3.63) is 59.7 Å². The summed E-state index contributed by atoms with van der Waals surface area (Å²) in [4.78, 5) is 23.6. The fourth-order valence-corrected chi connectivity index (χ4v) is 4.19. The first-order chi connectivity index (χ1) is 14.2. The SMILES string of the molecule is CCN1CCN(c2ccc(C(=O)N3CCNCC3c3cccnc3)cc2F)CC1.Cl.Cl. The van der Waals surface area contributed by atoms with Gasteiger partial charge in [0.25, 0.3) is 5.91 Å². The van der Waals surface area contributed by atoms with Crippen LogP contribution in [-0.2, 0) is 0 Å². The van der Waals surface area contributed by atoms with Crippen LogP contribution in [0.4, 0.5) is 10.1 Å². The van der Waals surface area contributed by atoms with Gasteiger partial charge in [0.2, 0.25) is 0 Å². The van der Waals surface area contributed by atoms with E-state index in [1.165, 1.54) is 6.07 Å². The predicted molar refractivity (Wildman–Crippen MR) is 126 cm³/mol. The molecule has 1 N–H and O–H groups in total. The molecule has 0 aliphatic carbocycles. The lowest BCUT2D eigenvalue weighted by molar-refractivity contribution is 0.0633. The zero-order valence-electron chi connectivity index (χ0n) is 17.7. The number of aromatic nitrogens is 1. The van der Waals surface area contributed by atoms with Gasteiger partial charge in [0.1, 0.15) is 5.82 Å². The molecule has 170 valence electrons. The van der Waals surface area contributed by atoms with Gasteiger partial charge in [-0.2, -0.15) is 0 Å². The molecule has 1 aromatic heterocycles. The van der Waals surface area contributed by atoms with Gasteiger partial charge < -0.3 is 20.0 Å². The summed E-state index contributed by atoms with van der Waals surface area (Å²) in [5.74, 6) is -0.463. The van der Waals surface area contributed by atoms with Gasteiger partial charge in [-0.1, -0.05) is 13.0 Å². The van der Waals surface area contributed by atoms with Crippen LogP contribution in [0.5, 0.6) is 0 Å². The zero-order valence-corrected chi connectivity index (χ0v) is 19.3.